The lowest BCUT2D eigenvalue weighted by Crippen LogP contribution is -2.66. The van der Waals surface area contributed by atoms with Crippen LogP contribution >= 0.6 is 0 Å². The molecule has 1 aliphatic carbocycles. The summed E-state index contributed by atoms with van der Waals surface area (Å²) in [6.45, 7) is 12.3. The minimum absolute atomic E-state index is 0.0472. The molecule has 2 aliphatic heterocycles. The molecule has 0 spiro atoms. The number of benzene rings is 1. The number of phenols is 1. The molecule has 0 saturated carbocycles. The maximum Gasteiger partial charge on any atom is 0.317 e. The van der Waals surface area contributed by atoms with Crippen molar-refractivity contribution in [3.8, 4) is 5.75 Å². The molecule has 1 aromatic carbocycles. The topological polar surface area (TPSA) is 59.1 Å². The Balaban J connectivity index is 1.44. The summed E-state index contributed by atoms with van der Waals surface area (Å²) in [4.78, 5) is 19.6. The van der Waals surface area contributed by atoms with Crippen molar-refractivity contribution in [3.05, 3.63) is 29.3 Å². The normalized spacial score (nSPS) is 29.2. The van der Waals surface area contributed by atoms with E-state index >= 15 is 0 Å². The van der Waals surface area contributed by atoms with E-state index in [2.05, 4.69) is 42.2 Å². The Morgan fingerprint density at radius 1 is 1.25 bits per heavy atom. The molecule has 178 valence electrons. The molecule has 0 radical (unpaired) electrons. The van der Waals surface area contributed by atoms with Gasteiger partial charge in [-0.1, -0.05) is 13.0 Å². The number of likely N-dealkylation sites (tertiary alicyclic amines) is 2. The molecule has 3 aliphatic rings. The summed E-state index contributed by atoms with van der Waals surface area (Å²) >= 11 is 0. The number of likely N-dealkylation sites (N-methyl/N-ethyl adjacent to an activating group) is 2. The highest BCUT2D eigenvalue weighted by Gasteiger charge is 2.51. The molecule has 2 heterocycles. The van der Waals surface area contributed by atoms with Crippen LogP contribution in [0.4, 0.5) is 4.79 Å². The van der Waals surface area contributed by atoms with Gasteiger partial charge in [0.25, 0.3) is 0 Å². The first-order chi connectivity index (χ1) is 15.0. The number of phenolic OH excluding ortho intramolecular Hbond substituents is 1. The highest BCUT2D eigenvalue weighted by atomic mass is 16.3. The fourth-order valence-corrected chi connectivity index (χ4v) is 6.47. The molecule has 0 unspecified atom stereocenters. The molecule has 32 heavy (non-hydrogen) atoms. The summed E-state index contributed by atoms with van der Waals surface area (Å²) in [5.41, 5.74) is 2.59. The van der Waals surface area contributed by atoms with E-state index in [0.717, 1.165) is 51.9 Å². The summed E-state index contributed by atoms with van der Waals surface area (Å²) in [5.74, 6) is 0.989. The molecular weight excluding hydrogens is 400 g/mol. The van der Waals surface area contributed by atoms with Gasteiger partial charge < -0.3 is 25.1 Å². The van der Waals surface area contributed by atoms with Gasteiger partial charge in [0.2, 0.25) is 0 Å². The number of piperidine rings is 2. The number of carbonyl (C=O) groups is 1. The van der Waals surface area contributed by atoms with Crippen molar-refractivity contribution >= 4 is 6.03 Å². The third kappa shape index (κ3) is 4.49. The second-order valence-electron chi connectivity index (χ2n) is 11.8. The number of hydrogen-bond donors (Lipinski definition) is 2. The van der Waals surface area contributed by atoms with Crippen LogP contribution in [-0.4, -0.2) is 83.7 Å². The number of rotatable bonds is 3. The Labute approximate surface area is 193 Å². The van der Waals surface area contributed by atoms with Gasteiger partial charge in [0.05, 0.1) is 0 Å². The van der Waals surface area contributed by atoms with Gasteiger partial charge in [-0.15, -0.1) is 0 Å². The lowest BCUT2D eigenvalue weighted by Gasteiger charge is -2.58. The second kappa shape index (κ2) is 8.53. The van der Waals surface area contributed by atoms with E-state index in [4.69, 9.17) is 0 Å². The Kier molecular flexibility index (Phi) is 6.23. The fourth-order valence-electron chi connectivity index (χ4n) is 6.47. The van der Waals surface area contributed by atoms with Gasteiger partial charge in [-0.2, -0.15) is 0 Å². The van der Waals surface area contributed by atoms with Crippen molar-refractivity contribution in [1.29, 1.82) is 0 Å². The molecule has 6 nitrogen and oxygen atoms in total. The van der Waals surface area contributed by atoms with Crippen LogP contribution in [0.15, 0.2) is 18.2 Å². The second-order valence-corrected chi connectivity index (χ2v) is 11.8. The zero-order chi connectivity index (χ0) is 23.3. The molecule has 2 fully saturated rings. The molecule has 3 atom stereocenters. The first-order valence-corrected chi connectivity index (χ1v) is 12.3. The summed E-state index contributed by atoms with van der Waals surface area (Å²) < 4.78 is 0. The third-order valence-electron chi connectivity index (χ3n) is 8.11. The number of carbonyl (C=O) groups excluding carboxylic acids is 1. The largest absolute Gasteiger partial charge is 0.508 e. The van der Waals surface area contributed by atoms with Crippen LogP contribution in [-0.2, 0) is 11.8 Å². The van der Waals surface area contributed by atoms with E-state index < -0.39 is 0 Å². The van der Waals surface area contributed by atoms with Crippen LogP contribution in [0.5, 0.6) is 5.75 Å². The van der Waals surface area contributed by atoms with Gasteiger partial charge in [0.1, 0.15) is 5.75 Å². The summed E-state index contributed by atoms with van der Waals surface area (Å²) in [7, 11) is 4.56. The maximum atomic E-state index is 12.5. The standard InChI is InChI=1S/C26H42N4O2/c1-25(2,3)27-24(32)30-12-9-18(10-13-30)17-29(6)23-22-15-19-7-8-20(31)16-21(19)26(23,4)11-14-28(22)5/h7-8,16,18,22-23,31H,9-15,17H2,1-6H3,(H,27,32)/t22-,23+,26+/m1/s1. The van der Waals surface area contributed by atoms with Crippen LogP contribution in [0, 0.1) is 5.92 Å². The number of urea groups is 1. The zero-order valence-corrected chi connectivity index (χ0v) is 20.8. The van der Waals surface area contributed by atoms with Crippen molar-refractivity contribution in [2.45, 2.75) is 76.4 Å². The van der Waals surface area contributed by atoms with E-state index in [1.807, 2.05) is 37.8 Å². The Hall–Kier alpha value is -1.79. The van der Waals surface area contributed by atoms with Crippen LogP contribution in [0.3, 0.4) is 0 Å². The average molecular weight is 443 g/mol. The van der Waals surface area contributed by atoms with Crippen LogP contribution in [0.2, 0.25) is 0 Å². The van der Waals surface area contributed by atoms with Crippen molar-refractivity contribution in [2.75, 3.05) is 40.3 Å². The number of nitrogens with zero attached hydrogens (tertiary/aromatic N) is 3. The number of aromatic hydroxyl groups is 1. The first-order valence-electron chi connectivity index (χ1n) is 12.3. The summed E-state index contributed by atoms with van der Waals surface area (Å²) in [6.07, 6.45) is 4.27. The smallest absolute Gasteiger partial charge is 0.317 e. The fraction of sp³-hybridized carbons (Fsp3) is 0.731. The third-order valence-corrected chi connectivity index (χ3v) is 8.11. The SMILES string of the molecule is CN1CC[C@@]2(C)c3cc(O)ccc3C[C@@H]1[C@@H]2N(C)CC1CCN(C(=O)NC(C)(C)C)CC1. The van der Waals surface area contributed by atoms with E-state index in [-0.39, 0.29) is 17.0 Å². The molecule has 6 heteroatoms. The molecule has 2 N–H and O–H groups in total. The van der Waals surface area contributed by atoms with Crippen LogP contribution in [0.1, 0.15) is 58.1 Å². The van der Waals surface area contributed by atoms with Gasteiger partial charge in [0.15, 0.2) is 0 Å². The van der Waals surface area contributed by atoms with Gasteiger partial charge in [-0.3, -0.25) is 0 Å². The molecule has 0 aromatic heterocycles. The van der Waals surface area contributed by atoms with E-state index in [9.17, 15) is 9.90 Å². The first kappa shape index (κ1) is 23.4. The number of nitrogens with one attached hydrogen (secondary N) is 1. The monoisotopic (exact) mass is 442 g/mol. The molecule has 4 rings (SSSR count). The molecular formula is C26H42N4O2. The quantitative estimate of drug-likeness (QED) is 0.753. The van der Waals surface area contributed by atoms with Crippen LogP contribution in [0.25, 0.3) is 0 Å². The predicted molar refractivity (Wildman–Crippen MR) is 129 cm³/mol. The van der Waals surface area contributed by atoms with Crippen molar-refractivity contribution in [1.82, 2.24) is 20.0 Å². The van der Waals surface area contributed by atoms with Crippen LogP contribution < -0.4 is 5.32 Å². The number of amides is 2. The predicted octanol–water partition coefficient (Wildman–Crippen LogP) is 3.43. The van der Waals surface area contributed by atoms with Crippen molar-refractivity contribution in [2.24, 2.45) is 5.92 Å². The van der Waals surface area contributed by atoms with Gasteiger partial charge in [-0.25, -0.2) is 4.79 Å². The highest BCUT2D eigenvalue weighted by molar-refractivity contribution is 5.75. The van der Waals surface area contributed by atoms with E-state index in [0.29, 0.717) is 23.8 Å². The number of hydrogen-bond acceptors (Lipinski definition) is 4. The zero-order valence-electron chi connectivity index (χ0n) is 20.8. The lowest BCUT2D eigenvalue weighted by molar-refractivity contribution is -0.00677. The van der Waals surface area contributed by atoms with E-state index in [1.54, 1.807) is 0 Å². The number of fused-ring (bicyclic) bond motifs is 4. The van der Waals surface area contributed by atoms with Crippen molar-refractivity contribution in [3.63, 3.8) is 0 Å². The van der Waals surface area contributed by atoms with Crippen molar-refractivity contribution < 1.29 is 9.90 Å². The molecule has 2 bridgehead atoms. The van der Waals surface area contributed by atoms with E-state index in [1.165, 1.54) is 11.1 Å². The molecule has 1 aromatic rings. The van der Waals surface area contributed by atoms with Gasteiger partial charge >= 0.3 is 6.03 Å². The van der Waals surface area contributed by atoms with Gasteiger partial charge in [-0.05, 0) is 96.3 Å². The Bertz CT molecular complexity index is 843. The minimum Gasteiger partial charge on any atom is -0.508 e. The van der Waals surface area contributed by atoms with Gasteiger partial charge in [0, 0.05) is 42.7 Å². The Morgan fingerprint density at radius 2 is 1.94 bits per heavy atom. The summed E-state index contributed by atoms with van der Waals surface area (Å²) in [6, 6.07) is 6.97. The molecule has 2 amide bonds. The average Bonchev–Trinajstić information content (AvgIpc) is 2.71. The Morgan fingerprint density at radius 3 is 2.59 bits per heavy atom. The minimum atomic E-state index is -0.195. The highest BCUT2D eigenvalue weighted by Crippen LogP contribution is 2.47. The molecule has 2 saturated heterocycles. The maximum absolute atomic E-state index is 12.5. The summed E-state index contributed by atoms with van der Waals surface area (Å²) in [5, 5.41) is 13.3. The lowest BCUT2D eigenvalue weighted by atomic mass is 9.61.